The second-order valence-electron chi connectivity index (χ2n) is 6.80. The largest absolute Gasteiger partial charge is 0.397 e. The molecule has 1 aliphatic rings. The zero-order valence-corrected chi connectivity index (χ0v) is 15.2. The second-order valence-corrected chi connectivity index (χ2v) is 6.80. The van der Waals surface area contributed by atoms with E-state index in [1.165, 1.54) is 5.69 Å². The van der Waals surface area contributed by atoms with Crippen molar-refractivity contribution in [2.75, 3.05) is 48.7 Å². The number of benzene rings is 2. The van der Waals surface area contributed by atoms with Gasteiger partial charge in [-0.25, -0.2) is 0 Å². The molecule has 138 valence electrons. The third kappa shape index (κ3) is 4.26. The molecule has 2 aromatic rings. The Labute approximate surface area is 154 Å². The molecule has 6 nitrogen and oxygen atoms in total. The quantitative estimate of drug-likeness (QED) is 0.691. The van der Waals surface area contributed by atoms with Gasteiger partial charge in [0.25, 0.3) is 5.91 Å². The number of carbonyl (C=O) groups excluding carboxylic acids is 1. The molecule has 0 aliphatic carbocycles. The molecule has 1 fully saturated rings. The molecule has 0 spiro atoms. The van der Waals surface area contributed by atoms with Crippen LogP contribution in [0.4, 0.5) is 17.1 Å². The second kappa shape index (κ2) is 8.10. The molecule has 0 radical (unpaired) electrons. The Balaban J connectivity index is 1.55. The van der Waals surface area contributed by atoms with Crippen LogP contribution < -0.4 is 21.7 Å². The van der Waals surface area contributed by atoms with Crippen molar-refractivity contribution < 1.29 is 4.79 Å². The molecule has 0 aromatic heterocycles. The molecular weight excluding hydrogens is 326 g/mol. The van der Waals surface area contributed by atoms with Gasteiger partial charge in [0.15, 0.2) is 0 Å². The maximum absolute atomic E-state index is 11.6. The van der Waals surface area contributed by atoms with Crippen molar-refractivity contribution in [1.82, 2.24) is 4.90 Å². The normalized spacial score (nSPS) is 16.3. The first-order valence-electron chi connectivity index (χ1n) is 9.02. The first kappa shape index (κ1) is 18.1. The standard InChI is InChI=1S/C20H27N5O/c1-15(23-19-17(20(22)26)8-5-9-18(19)21)14-24-10-12-25(13-11-24)16-6-3-2-4-7-16/h2-9,15,23H,10-14,21H2,1H3,(H2,22,26). The fourth-order valence-electron chi connectivity index (χ4n) is 3.44. The van der Waals surface area contributed by atoms with Gasteiger partial charge in [0.2, 0.25) is 0 Å². The van der Waals surface area contributed by atoms with Gasteiger partial charge in [0.05, 0.1) is 16.9 Å². The van der Waals surface area contributed by atoms with Gasteiger partial charge in [-0.3, -0.25) is 9.69 Å². The zero-order valence-electron chi connectivity index (χ0n) is 15.2. The average Bonchev–Trinajstić information content (AvgIpc) is 2.64. The van der Waals surface area contributed by atoms with E-state index in [2.05, 4.69) is 46.3 Å². The molecule has 1 heterocycles. The van der Waals surface area contributed by atoms with Crippen LogP contribution in [-0.2, 0) is 0 Å². The molecule has 5 N–H and O–H groups in total. The van der Waals surface area contributed by atoms with Gasteiger partial charge in [0.1, 0.15) is 0 Å². The Morgan fingerprint density at radius 2 is 1.77 bits per heavy atom. The van der Waals surface area contributed by atoms with Gasteiger partial charge in [-0.1, -0.05) is 24.3 Å². The van der Waals surface area contributed by atoms with E-state index in [0.29, 0.717) is 16.9 Å². The Morgan fingerprint density at radius 1 is 1.08 bits per heavy atom. The Morgan fingerprint density at radius 3 is 2.42 bits per heavy atom. The topological polar surface area (TPSA) is 87.6 Å². The molecule has 1 amide bonds. The first-order chi connectivity index (χ1) is 12.5. The van der Waals surface area contributed by atoms with Crippen LogP contribution in [0.15, 0.2) is 48.5 Å². The van der Waals surface area contributed by atoms with E-state index in [1.54, 1.807) is 18.2 Å². The molecule has 6 heteroatoms. The van der Waals surface area contributed by atoms with Gasteiger partial charge < -0.3 is 21.7 Å². The smallest absolute Gasteiger partial charge is 0.250 e. The van der Waals surface area contributed by atoms with E-state index in [4.69, 9.17) is 11.5 Å². The highest BCUT2D eigenvalue weighted by Crippen LogP contribution is 2.24. The number of nitrogen functional groups attached to an aromatic ring is 1. The van der Waals surface area contributed by atoms with Crippen molar-refractivity contribution in [3.8, 4) is 0 Å². The van der Waals surface area contributed by atoms with Crippen LogP contribution in [0.5, 0.6) is 0 Å². The van der Waals surface area contributed by atoms with Crippen LogP contribution >= 0.6 is 0 Å². The SMILES string of the molecule is CC(CN1CCN(c2ccccc2)CC1)Nc1c(N)cccc1C(N)=O. The summed E-state index contributed by atoms with van der Waals surface area (Å²) in [5.74, 6) is -0.469. The van der Waals surface area contributed by atoms with Gasteiger partial charge >= 0.3 is 0 Å². The maximum atomic E-state index is 11.6. The number of nitrogens with zero attached hydrogens (tertiary/aromatic N) is 2. The molecule has 2 aromatic carbocycles. The fourth-order valence-corrected chi connectivity index (χ4v) is 3.44. The molecule has 0 bridgehead atoms. The summed E-state index contributed by atoms with van der Waals surface area (Å²) in [5.41, 5.74) is 14.4. The van der Waals surface area contributed by atoms with Crippen molar-refractivity contribution in [3.05, 3.63) is 54.1 Å². The molecule has 1 saturated heterocycles. The number of rotatable bonds is 6. The Kier molecular flexibility index (Phi) is 5.63. The number of amides is 1. The Hall–Kier alpha value is -2.73. The highest BCUT2D eigenvalue weighted by Gasteiger charge is 2.20. The molecule has 26 heavy (non-hydrogen) atoms. The third-order valence-corrected chi connectivity index (χ3v) is 4.78. The zero-order chi connectivity index (χ0) is 18.5. The van der Waals surface area contributed by atoms with E-state index in [-0.39, 0.29) is 6.04 Å². The number of carbonyl (C=O) groups is 1. The number of nitrogens with one attached hydrogen (secondary N) is 1. The Bertz CT molecular complexity index is 741. The minimum absolute atomic E-state index is 0.154. The van der Waals surface area contributed by atoms with Gasteiger partial charge in [-0.15, -0.1) is 0 Å². The third-order valence-electron chi connectivity index (χ3n) is 4.78. The van der Waals surface area contributed by atoms with Crippen molar-refractivity contribution in [3.63, 3.8) is 0 Å². The molecule has 1 aliphatic heterocycles. The molecular formula is C20H27N5O. The van der Waals surface area contributed by atoms with Crippen LogP contribution in [0, 0.1) is 0 Å². The summed E-state index contributed by atoms with van der Waals surface area (Å²) in [6, 6.07) is 15.9. The summed E-state index contributed by atoms with van der Waals surface area (Å²) in [6.07, 6.45) is 0. The maximum Gasteiger partial charge on any atom is 0.250 e. The molecule has 3 rings (SSSR count). The first-order valence-corrected chi connectivity index (χ1v) is 9.02. The van der Waals surface area contributed by atoms with Crippen molar-refractivity contribution in [2.45, 2.75) is 13.0 Å². The summed E-state index contributed by atoms with van der Waals surface area (Å²) >= 11 is 0. The van der Waals surface area contributed by atoms with Crippen LogP contribution in [-0.4, -0.2) is 49.6 Å². The van der Waals surface area contributed by atoms with Gasteiger partial charge in [-0.05, 0) is 31.2 Å². The number of piperazine rings is 1. The number of hydrogen-bond donors (Lipinski definition) is 3. The lowest BCUT2D eigenvalue weighted by atomic mass is 10.1. The average molecular weight is 353 g/mol. The fraction of sp³-hybridized carbons (Fsp3) is 0.350. The van der Waals surface area contributed by atoms with E-state index >= 15 is 0 Å². The molecule has 1 atom stereocenters. The van der Waals surface area contributed by atoms with Gasteiger partial charge in [-0.2, -0.15) is 0 Å². The van der Waals surface area contributed by atoms with Crippen molar-refractivity contribution >= 4 is 23.0 Å². The minimum atomic E-state index is -0.469. The van der Waals surface area contributed by atoms with Gasteiger partial charge in [0, 0.05) is 44.5 Å². The lowest BCUT2D eigenvalue weighted by Gasteiger charge is -2.37. The van der Waals surface area contributed by atoms with Crippen LogP contribution in [0.2, 0.25) is 0 Å². The van der Waals surface area contributed by atoms with E-state index in [1.807, 2.05) is 6.07 Å². The highest BCUT2D eigenvalue weighted by atomic mass is 16.1. The predicted molar refractivity (Wildman–Crippen MR) is 108 cm³/mol. The summed E-state index contributed by atoms with van der Waals surface area (Å²) in [4.78, 5) is 16.5. The van der Waals surface area contributed by atoms with Crippen molar-refractivity contribution in [1.29, 1.82) is 0 Å². The summed E-state index contributed by atoms with van der Waals surface area (Å²) in [7, 11) is 0. The number of hydrogen-bond acceptors (Lipinski definition) is 5. The minimum Gasteiger partial charge on any atom is -0.397 e. The highest BCUT2D eigenvalue weighted by molar-refractivity contribution is 6.01. The van der Waals surface area contributed by atoms with Crippen molar-refractivity contribution in [2.24, 2.45) is 5.73 Å². The summed E-state index contributed by atoms with van der Waals surface area (Å²) in [6.45, 7) is 7.02. The number of anilines is 3. The van der Waals surface area contributed by atoms with E-state index < -0.39 is 5.91 Å². The lowest BCUT2D eigenvalue weighted by molar-refractivity contribution is 0.100. The van der Waals surface area contributed by atoms with Crippen LogP contribution in [0.1, 0.15) is 17.3 Å². The van der Waals surface area contributed by atoms with Crippen LogP contribution in [0.3, 0.4) is 0 Å². The molecule has 1 unspecified atom stereocenters. The van der Waals surface area contributed by atoms with Crippen LogP contribution in [0.25, 0.3) is 0 Å². The monoisotopic (exact) mass is 353 g/mol. The molecule has 0 saturated carbocycles. The van der Waals surface area contributed by atoms with E-state index in [9.17, 15) is 4.79 Å². The summed E-state index contributed by atoms with van der Waals surface area (Å²) in [5, 5.41) is 3.37. The number of primary amides is 1. The predicted octanol–water partition coefficient (Wildman–Crippen LogP) is 1.99. The number of nitrogens with two attached hydrogens (primary N) is 2. The number of para-hydroxylation sites is 2. The lowest BCUT2D eigenvalue weighted by Crippen LogP contribution is -2.49. The summed E-state index contributed by atoms with van der Waals surface area (Å²) < 4.78 is 0. The van der Waals surface area contributed by atoms with E-state index in [0.717, 1.165) is 32.7 Å².